The van der Waals surface area contributed by atoms with E-state index in [1.807, 2.05) is 0 Å². The lowest BCUT2D eigenvalue weighted by molar-refractivity contribution is -0.137. The van der Waals surface area contributed by atoms with Crippen LogP contribution in [0.1, 0.15) is 96.8 Å². The summed E-state index contributed by atoms with van der Waals surface area (Å²) in [5, 5.41) is 17.3. The second-order valence-electron chi connectivity index (χ2n) is 6.44. The molecule has 3 heteroatoms. The second kappa shape index (κ2) is 15.8. The zero-order valence-electron chi connectivity index (χ0n) is 14.0. The highest BCUT2D eigenvalue weighted by molar-refractivity contribution is 5.66. The Morgan fingerprint density at radius 1 is 0.762 bits per heavy atom. The molecule has 0 aromatic rings. The van der Waals surface area contributed by atoms with E-state index in [0.29, 0.717) is 18.9 Å². The van der Waals surface area contributed by atoms with Crippen LogP contribution < -0.4 is 0 Å². The van der Waals surface area contributed by atoms with Gasteiger partial charge in [-0.1, -0.05) is 77.6 Å². The molecule has 1 atom stereocenters. The molecule has 3 nitrogen and oxygen atoms in total. The predicted octanol–water partition coefficient (Wildman–Crippen LogP) is 5.16. The fourth-order valence-corrected chi connectivity index (χ4v) is 2.72. The van der Waals surface area contributed by atoms with E-state index in [2.05, 4.69) is 6.92 Å². The van der Waals surface area contributed by atoms with E-state index in [9.17, 15) is 4.79 Å². The van der Waals surface area contributed by atoms with Gasteiger partial charge in [-0.05, 0) is 18.8 Å². The Labute approximate surface area is 131 Å². The van der Waals surface area contributed by atoms with E-state index >= 15 is 0 Å². The summed E-state index contributed by atoms with van der Waals surface area (Å²) in [6, 6.07) is 0. The van der Waals surface area contributed by atoms with Gasteiger partial charge in [0.2, 0.25) is 0 Å². The number of rotatable bonds is 16. The van der Waals surface area contributed by atoms with Gasteiger partial charge in [0.15, 0.2) is 0 Å². The number of aliphatic carboxylic acids is 1. The van der Waals surface area contributed by atoms with Crippen LogP contribution >= 0.6 is 0 Å². The first-order chi connectivity index (χ1) is 10.2. The van der Waals surface area contributed by atoms with Crippen LogP contribution in [-0.4, -0.2) is 22.8 Å². The number of carbonyl (C=O) groups is 1. The maximum absolute atomic E-state index is 10.3. The Morgan fingerprint density at radius 3 is 1.62 bits per heavy atom. The third-order valence-electron chi connectivity index (χ3n) is 4.21. The SMILES string of the molecule is CC(CCO)CCCCCCCCCCCCCC(=O)O. The summed E-state index contributed by atoms with van der Waals surface area (Å²) in [5.74, 6) is 0.0110. The molecule has 0 spiro atoms. The highest BCUT2D eigenvalue weighted by Crippen LogP contribution is 2.15. The fraction of sp³-hybridized carbons (Fsp3) is 0.944. The minimum absolute atomic E-state index is 0.330. The summed E-state index contributed by atoms with van der Waals surface area (Å²) in [4.78, 5) is 10.3. The van der Waals surface area contributed by atoms with Crippen molar-refractivity contribution >= 4 is 5.97 Å². The van der Waals surface area contributed by atoms with Crippen LogP contribution in [0, 0.1) is 5.92 Å². The van der Waals surface area contributed by atoms with Crippen molar-refractivity contribution in [2.45, 2.75) is 96.8 Å². The van der Waals surface area contributed by atoms with Crippen LogP contribution in [0.5, 0.6) is 0 Å². The first kappa shape index (κ1) is 20.4. The van der Waals surface area contributed by atoms with Gasteiger partial charge in [0.05, 0.1) is 0 Å². The van der Waals surface area contributed by atoms with Crippen LogP contribution in [0.2, 0.25) is 0 Å². The third kappa shape index (κ3) is 17.4. The van der Waals surface area contributed by atoms with E-state index < -0.39 is 5.97 Å². The highest BCUT2D eigenvalue weighted by Gasteiger charge is 2.00. The summed E-state index contributed by atoms with van der Waals surface area (Å²) < 4.78 is 0. The molecule has 0 aliphatic carbocycles. The largest absolute Gasteiger partial charge is 0.481 e. The van der Waals surface area contributed by atoms with Crippen molar-refractivity contribution in [3.63, 3.8) is 0 Å². The Balaban J connectivity index is 3.04. The molecule has 1 unspecified atom stereocenters. The van der Waals surface area contributed by atoms with Gasteiger partial charge in [0.1, 0.15) is 0 Å². The van der Waals surface area contributed by atoms with Gasteiger partial charge in [0, 0.05) is 13.0 Å². The average Bonchev–Trinajstić information content (AvgIpc) is 2.44. The van der Waals surface area contributed by atoms with Gasteiger partial charge in [-0.25, -0.2) is 0 Å². The molecule has 0 heterocycles. The molecule has 0 aromatic carbocycles. The number of hydrogen-bond donors (Lipinski definition) is 2. The molecular weight excluding hydrogens is 264 g/mol. The maximum atomic E-state index is 10.3. The van der Waals surface area contributed by atoms with E-state index in [4.69, 9.17) is 10.2 Å². The molecule has 0 bridgehead atoms. The molecule has 0 aliphatic rings. The number of carboxylic acids is 1. The standard InChI is InChI=1S/C18H36O3/c1-17(15-16-19)13-11-9-7-5-3-2-4-6-8-10-12-14-18(20)21/h17,19H,2-16H2,1H3,(H,20,21). The number of aliphatic hydroxyl groups excluding tert-OH is 1. The first-order valence-corrected chi connectivity index (χ1v) is 8.99. The summed E-state index contributed by atoms with van der Waals surface area (Å²) in [7, 11) is 0. The molecular formula is C18H36O3. The summed E-state index contributed by atoms with van der Waals surface area (Å²) in [6.45, 7) is 2.56. The number of aliphatic hydroxyl groups is 1. The van der Waals surface area contributed by atoms with Crippen molar-refractivity contribution < 1.29 is 15.0 Å². The van der Waals surface area contributed by atoms with Crippen LogP contribution in [-0.2, 0) is 4.79 Å². The molecule has 2 N–H and O–H groups in total. The normalized spacial score (nSPS) is 12.5. The molecule has 0 fully saturated rings. The lowest BCUT2D eigenvalue weighted by Gasteiger charge is -2.08. The van der Waals surface area contributed by atoms with Crippen LogP contribution in [0.25, 0.3) is 0 Å². The lowest BCUT2D eigenvalue weighted by Crippen LogP contribution is -1.97. The van der Waals surface area contributed by atoms with E-state index in [-0.39, 0.29) is 0 Å². The topological polar surface area (TPSA) is 57.5 Å². The van der Waals surface area contributed by atoms with E-state index in [0.717, 1.165) is 19.3 Å². The molecule has 0 radical (unpaired) electrons. The Kier molecular flexibility index (Phi) is 15.4. The third-order valence-corrected chi connectivity index (χ3v) is 4.21. The fourth-order valence-electron chi connectivity index (χ4n) is 2.72. The van der Waals surface area contributed by atoms with E-state index in [1.54, 1.807) is 0 Å². The molecule has 0 rings (SSSR count). The maximum Gasteiger partial charge on any atom is 0.303 e. The number of hydrogen-bond acceptors (Lipinski definition) is 2. The molecule has 0 saturated carbocycles. The molecule has 0 amide bonds. The average molecular weight is 300 g/mol. The van der Waals surface area contributed by atoms with Crippen molar-refractivity contribution in [2.24, 2.45) is 5.92 Å². The predicted molar refractivity (Wildman–Crippen MR) is 88.5 cm³/mol. The number of unbranched alkanes of at least 4 members (excludes halogenated alkanes) is 10. The van der Waals surface area contributed by atoms with Crippen molar-refractivity contribution in [3.05, 3.63) is 0 Å². The van der Waals surface area contributed by atoms with Gasteiger partial charge in [-0.3, -0.25) is 4.79 Å². The highest BCUT2D eigenvalue weighted by atomic mass is 16.4. The lowest BCUT2D eigenvalue weighted by atomic mass is 9.99. The van der Waals surface area contributed by atoms with E-state index in [1.165, 1.54) is 64.2 Å². The minimum Gasteiger partial charge on any atom is -0.481 e. The molecule has 126 valence electrons. The molecule has 0 aromatic heterocycles. The zero-order chi connectivity index (χ0) is 15.8. The number of carboxylic acid groups (broad SMARTS) is 1. The van der Waals surface area contributed by atoms with Crippen LogP contribution in [0.15, 0.2) is 0 Å². The van der Waals surface area contributed by atoms with Crippen LogP contribution in [0.4, 0.5) is 0 Å². The first-order valence-electron chi connectivity index (χ1n) is 8.99. The van der Waals surface area contributed by atoms with Crippen molar-refractivity contribution in [1.29, 1.82) is 0 Å². The van der Waals surface area contributed by atoms with Gasteiger partial charge in [-0.2, -0.15) is 0 Å². The van der Waals surface area contributed by atoms with Crippen molar-refractivity contribution in [1.82, 2.24) is 0 Å². The minimum atomic E-state index is -0.666. The van der Waals surface area contributed by atoms with Gasteiger partial charge < -0.3 is 10.2 Å². The summed E-state index contributed by atoms with van der Waals surface area (Å²) in [6.07, 6.45) is 16.2. The second-order valence-corrected chi connectivity index (χ2v) is 6.44. The quantitative estimate of drug-likeness (QED) is 0.387. The zero-order valence-corrected chi connectivity index (χ0v) is 14.0. The monoisotopic (exact) mass is 300 g/mol. The van der Waals surface area contributed by atoms with Crippen molar-refractivity contribution in [3.8, 4) is 0 Å². The van der Waals surface area contributed by atoms with Crippen LogP contribution in [0.3, 0.4) is 0 Å². The van der Waals surface area contributed by atoms with Crippen molar-refractivity contribution in [2.75, 3.05) is 6.61 Å². The summed E-state index contributed by atoms with van der Waals surface area (Å²) in [5.41, 5.74) is 0. The molecule has 0 saturated heterocycles. The molecule has 0 aliphatic heterocycles. The molecule has 21 heavy (non-hydrogen) atoms. The Morgan fingerprint density at radius 2 is 1.19 bits per heavy atom. The van der Waals surface area contributed by atoms with Gasteiger partial charge in [-0.15, -0.1) is 0 Å². The van der Waals surface area contributed by atoms with Gasteiger partial charge in [0.25, 0.3) is 0 Å². The Hall–Kier alpha value is -0.570. The Bertz CT molecular complexity index is 229. The summed E-state index contributed by atoms with van der Waals surface area (Å²) >= 11 is 0. The van der Waals surface area contributed by atoms with Gasteiger partial charge >= 0.3 is 5.97 Å². The smallest absolute Gasteiger partial charge is 0.303 e.